The van der Waals surface area contributed by atoms with E-state index in [-0.39, 0.29) is 0 Å². The Morgan fingerprint density at radius 1 is 1.12 bits per heavy atom. The van der Waals surface area contributed by atoms with E-state index in [0.29, 0.717) is 36.1 Å². The van der Waals surface area contributed by atoms with Gasteiger partial charge in [-0.1, -0.05) is 18.2 Å². The highest BCUT2D eigenvalue weighted by atomic mass is 16.5. The van der Waals surface area contributed by atoms with Gasteiger partial charge in [-0.3, -0.25) is 0 Å². The lowest BCUT2D eigenvalue weighted by atomic mass is 10.1. The molecule has 0 radical (unpaired) electrons. The minimum Gasteiger partial charge on any atom is -0.490 e. The summed E-state index contributed by atoms with van der Waals surface area (Å²) in [5.41, 5.74) is 3.05. The number of nitrogens with one attached hydrogen (secondary N) is 1. The summed E-state index contributed by atoms with van der Waals surface area (Å²) in [6.45, 7) is 4.96. The number of rotatable bonds is 6. The molecule has 0 bridgehead atoms. The molecule has 1 aromatic heterocycles. The first-order chi connectivity index (χ1) is 12.2. The van der Waals surface area contributed by atoms with E-state index in [1.165, 1.54) is 0 Å². The maximum absolute atomic E-state index is 9.54. The molecule has 25 heavy (non-hydrogen) atoms. The zero-order valence-electron chi connectivity index (χ0n) is 14.2. The molecule has 0 aliphatic rings. The molecule has 1 N–H and O–H groups in total. The van der Waals surface area contributed by atoms with E-state index < -0.39 is 0 Å². The van der Waals surface area contributed by atoms with E-state index in [2.05, 4.69) is 16.0 Å². The van der Waals surface area contributed by atoms with Gasteiger partial charge in [-0.05, 0) is 49.8 Å². The van der Waals surface area contributed by atoms with Gasteiger partial charge in [-0.25, -0.2) is 4.98 Å². The zero-order valence-corrected chi connectivity index (χ0v) is 14.2. The number of hydrogen-bond donors (Lipinski definition) is 1. The molecule has 5 heteroatoms. The third kappa shape index (κ3) is 3.64. The van der Waals surface area contributed by atoms with Crippen molar-refractivity contribution in [1.82, 2.24) is 9.97 Å². The van der Waals surface area contributed by atoms with E-state index in [4.69, 9.17) is 9.47 Å². The fourth-order valence-electron chi connectivity index (χ4n) is 2.56. The van der Waals surface area contributed by atoms with Crippen LogP contribution in [0.5, 0.6) is 11.5 Å². The number of allylic oxidation sites excluding steroid dienone is 1. The molecule has 0 saturated carbocycles. The van der Waals surface area contributed by atoms with Crippen LogP contribution in [0.3, 0.4) is 0 Å². The van der Waals surface area contributed by atoms with Crippen LogP contribution in [0.15, 0.2) is 42.5 Å². The summed E-state index contributed by atoms with van der Waals surface area (Å²) in [7, 11) is 0. The first kappa shape index (κ1) is 16.6. The van der Waals surface area contributed by atoms with Crippen molar-refractivity contribution in [1.29, 1.82) is 5.26 Å². The first-order valence-corrected chi connectivity index (χ1v) is 8.21. The number of aromatic amines is 1. The van der Waals surface area contributed by atoms with Crippen molar-refractivity contribution in [3.63, 3.8) is 0 Å². The molecule has 0 spiro atoms. The number of aromatic nitrogens is 2. The standard InChI is InChI=1S/C20H19N3O2/c1-3-24-18-10-9-14(12-19(18)25-4-2)11-15(13-21)20-22-16-7-5-6-8-17(16)23-20/h5-12H,3-4H2,1-2H3,(H,22,23). The van der Waals surface area contributed by atoms with Gasteiger partial charge in [0.2, 0.25) is 0 Å². The van der Waals surface area contributed by atoms with Crippen LogP contribution >= 0.6 is 0 Å². The van der Waals surface area contributed by atoms with Gasteiger partial charge in [0.05, 0.1) is 29.8 Å². The third-order valence-corrected chi connectivity index (χ3v) is 3.64. The lowest BCUT2D eigenvalue weighted by Gasteiger charge is -2.11. The maximum atomic E-state index is 9.54. The van der Waals surface area contributed by atoms with E-state index >= 15 is 0 Å². The van der Waals surface area contributed by atoms with Crippen molar-refractivity contribution in [3.05, 3.63) is 53.9 Å². The summed E-state index contributed by atoms with van der Waals surface area (Å²) in [6, 6.07) is 15.5. The first-order valence-electron chi connectivity index (χ1n) is 8.21. The number of imidazole rings is 1. The number of benzene rings is 2. The van der Waals surface area contributed by atoms with Gasteiger partial charge in [0.25, 0.3) is 0 Å². The highest BCUT2D eigenvalue weighted by Crippen LogP contribution is 2.30. The number of fused-ring (bicyclic) bond motifs is 1. The maximum Gasteiger partial charge on any atom is 0.161 e. The molecule has 0 saturated heterocycles. The summed E-state index contributed by atoms with van der Waals surface area (Å²) >= 11 is 0. The lowest BCUT2D eigenvalue weighted by molar-refractivity contribution is 0.287. The molecule has 1 heterocycles. The minimum atomic E-state index is 0.461. The summed E-state index contributed by atoms with van der Waals surface area (Å²) in [4.78, 5) is 7.66. The van der Waals surface area contributed by atoms with Crippen LogP contribution in [-0.4, -0.2) is 23.2 Å². The Hall–Kier alpha value is -3.26. The zero-order chi connectivity index (χ0) is 17.6. The van der Waals surface area contributed by atoms with Crippen molar-refractivity contribution in [2.45, 2.75) is 13.8 Å². The van der Waals surface area contributed by atoms with E-state index in [1.807, 2.05) is 56.3 Å². The van der Waals surface area contributed by atoms with Crippen LogP contribution in [0.2, 0.25) is 0 Å². The summed E-state index contributed by atoms with van der Waals surface area (Å²) in [5, 5.41) is 9.54. The second-order valence-corrected chi connectivity index (χ2v) is 5.34. The number of para-hydroxylation sites is 2. The van der Waals surface area contributed by atoms with Gasteiger partial charge >= 0.3 is 0 Å². The lowest BCUT2D eigenvalue weighted by Crippen LogP contribution is -1.98. The quantitative estimate of drug-likeness (QED) is 0.678. The Morgan fingerprint density at radius 3 is 2.60 bits per heavy atom. The second-order valence-electron chi connectivity index (χ2n) is 5.34. The van der Waals surface area contributed by atoms with Gasteiger partial charge < -0.3 is 14.5 Å². The normalized spacial score (nSPS) is 11.3. The molecule has 5 nitrogen and oxygen atoms in total. The van der Waals surface area contributed by atoms with Gasteiger partial charge in [0.15, 0.2) is 11.5 Å². The predicted octanol–water partition coefficient (Wildman–Crippen LogP) is 4.42. The Bertz CT molecular complexity index is 918. The summed E-state index contributed by atoms with van der Waals surface area (Å²) in [5.74, 6) is 1.92. The van der Waals surface area contributed by atoms with Crippen molar-refractivity contribution in [3.8, 4) is 17.6 Å². The van der Waals surface area contributed by atoms with Gasteiger partial charge in [0.1, 0.15) is 11.9 Å². The van der Waals surface area contributed by atoms with Gasteiger partial charge in [-0.15, -0.1) is 0 Å². The molecule has 3 aromatic rings. The number of nitriles is 1. The van der Waals surface area contributed by atoms with Crippen molar-refractivity contribution >= 4 is 22.7 Å². The molecule has 3 rings (SSSR count). The molecule has 2 aromatic carbocycles. The number of H-pyrrole nitrogens is 1. The van der Waals surface area contributed by atoms with Crippen LogP contribution in [0, 0.1) is 11.3 Å². The van der Waals surface area contributed by atoms with Crippen LogP contribution in [0.1, 0.15) is 25.2 Å². The molecular weight excluding hydrogens is 314 g/mol. The van der Waals surface area contributed by atoms with E-state index in [1.54, 1.807) is 6.08 Å². The van der Waals surface area contributed by atoms with Crippen LogP contribution in [-0.2, 0) is 0 Å². The number of ether oxygens (including phenoxy) is 2. The van der Waals surface area contributed by atoms with Crippen LogP contribution < -0.4 is 9.47 Å². The molecule has 0 amide bonds. The second kappa shape index (κ2) is 7.54. The van der Waals surface area contributed by atoms with Gasteiger partial charge in [0, 0.05) is 0 Å². The Morgan fingerprint density at radius 2 is 1.88 bits per heavy atom. The Kier molecular flexibility index (Phi) is 5.00. The summed E-state index contributed by atoms with van der Waals surface area (Å²) in [6.07, 6.45) is 1.79. The monoisotopic (exact) mass is 333 g/mol. The van der Waals surface area contributed by atoms with Crippen LogP contribution in [0.25, 0.3) is 22.7 Å². The molecule has 0 aliphatic carbocycles. The third-order valence-electron chi connectivity index (χ3n) is 3.64. The summed E-state index contributed by atoms with van der Waals surface area (Å²) < 4.78 is 11.2. The molecule has 0 unspecified atom stereocenters. The van der Waals surface area contributed by atoms with Crippen LogP contribution in [0.4, 0.5) is 0 Å². The topological polar surface area (TPSA) is 70.9 Å². The van der Waals surface area contributed by atoms with E-state index in [0.717, 1.165) is 16.6 Å². The van der Waals surface area contributed by atoms with E-state index in [9.17, 15) is 5.26 Å². The van der Waals surface area contributed by atoms with Crippen molar-refractivity contribution in [2.75, 3.05) is 13.2 Å². The Labute approximate surface area is 146 Å². The smallest absolute Gasteiger partial charge is 0.161 e. The number of nitrogens with zero attached hydrogens (tertiary/aromatic N) is 2. The predicted molar refractivity (Wildman–Crippen MR) is 98.4 cm³/mol. The largest absolute Gasteiger partial charge is 0.490 e. The van der Waals surface area contributed by atoms with Crippen molar-refractivity contribution in [2.24, 2.45) is 0 Å². The molecule has 126 valence electrons. The van der Waals surface area contributed by atoms with Gasteiger partial charge in [-0.2, -0.15) is 5.26 Å². The molecule has 0 atom stereocenters. The minimum absolute atomic E-state index is 0.461. The van der Waals surface area contributed by atoms with Crippen molar-refractivity contribution < 1.29 is 9.47 Å². The average molecular weight is 333 g/mol. The fourth-order valence-corrected chi connectivity index (χ4v) is 2.56. The fraction of sp³-hybridized carbons (Fsp3) is 0.200. The molecule has 0 aliphatic heterocycles. The molecular formula is C20H19N3O2. The average Bonchev–Trinajstić information content (AvgIpc) is 3.06. The highest BCUT2D eigenvalue weighted by Gasteiger charge is 2.10. The number of hydrogen-bond acceptors (Lipinski definition) is 4. The highest BCUT2D eigenvalue weighted by molar-refractivity contribution is 5.90. The Balaban J connectivity index is 1.99. The molecule has 0 fully saturated rings. The SMILES string of the molecule is CCOc1ccc(C=C(C#N)c2nc3ccccc3[nH]2)cc1OCC.